The molecule has 0 aliphatic heterocycles. The van der Waals surface area contributed by atoms with Gasteiger partial charge in [0.15, 0.2) is 5.65 Å². The SMILES string of the molecule is COc1ccccc1CCc1cc(=O)n2[nH]c(C)c(Cl)c2n1. The highest BCUT2D eigenvalue weighted by Crippen LogP contribution is 2.20. The van der Waals surface area contributed by atoms with E-state index in [-0.39, 0.29) is 5.56 Å². The molecule has 0 aliphatic carbocycles. The zero-order chi connectivity index (χ0) is 15.7. The molecule has 5 nitrogen and oxygen atoms in total. The van der Waals surface area contributed by atoms with Gasteiger partial charge in [-0.3, -0.25) is 9.89 Å². The molecular formula is C16H16ClN3O2. The highest BCUT2D eigenvalue weighted by molar-refractivity contribution is 6.34. The smallest absolute Gasteiger partial charge is 0.272 e. The number of ether oxygens (including phenoxy) is 1. The Labute approximate surface area is 132 Å². The van der Waals surface area contributed by atoms with Crippen LogP contribution in [0.3, 0.4) is 0 Å². The molecule has 0 saturated carbocycles. The van der Waals surface area contributed by atoms with Crippen LogP contribution < -0.4 is 10.3 Å². The van der Waals surface area contributed by atoms with Crippen molar-refractivity contribution in [2.75, 3.05) is 7.11 Å². The molecule has 6 heteroatoms. The average Bonchev–Trinajstić information content (AvgIpc) is 2.82. The number of fused-ring (bicyclic) bond motifs is 1. The molecule has 2 heterocycles. The number of benzene rings is 1. The Hall–Kier alpha value is -2.27. The van der Waals surface area contributed by atoms with Crippen LogP contribution in [0.2, 0.25) is 5.02 Å². The lowest BCUT2D eigenvalue weighted by Gasteiger charge is -2.07. The summed E-state index contributed by atoms with van der Waals surface area (Å²) in [6.45, 7) is 1.81. The third-order valence-electron chi connectivity index (χ3n) is 3.62. The molecule has 114 valence electrons. The predicted molar refractivity (Wildman–Crippen MR) is 86.0 cm³/mol. The van der Waals surface area contributed by atoms with Gasteiger partial charge >= 0.3 is 0 Å². The summed E-state index contributed by atoms with van der Waals surface area (Å²) in [4.78, 5) is 16.6. The number of halogens is 1. The second-order valence-corrected chi connectivity index (χ2v) is 5.49. The molecule has 0 aliphatic rings. The number of para-hydroxylation sites is 1. The van der Waals surface area contributed by atoms with Crippen molar-refractivity contribution in [2.24, 2.45) is 0 Å². The van der Waals surface area contributed by atoms with Gasteiger partial charge in [0.2, 0.25) is 0 Å². The second kappa shape index (κ2) is 5.85. The highest BCUT2D eigenvalue weighted by Gasteiger charge is 2.11. The minimum atomic E-state index is -0.157. The standard InChI is InChI=1S/C16H16ClN3O2/c1-10-15(17)16-18-12(9-14(21)20(16)19-10)8-7-11-5-3-4-6-13(11)22-2/h3-6,9,19H,7-8H2,1-2H3. The van der Waals surface area contributed by atoms with E-state index in [1.165, 1.54) is 10.6 Å². The monoisotopic (exact) mass is 317 g/mol. The van der Waals surface area contributed by atoms with E-state index < -0.39 is 0 Å². The fourth-order valence-electron chi connectivity index (χ4n) is 2.47. The van der Waals surface area contributed by atoms with Gasteiger partial charge in [-0.05, 0) is 31.4 Å². The van der Waals surface area contributed by atoms with Gasteiger partial charge in [0, 0.05) is 11.8 Å². The molecule has 1 aromatic carbocycles. The van der Waals surface area contributed by atoms with E-state index in [2.05, 4.69) is 10.1 Å². The van der Waals surface area contributed by atoms with Gasteiger partial charge in [0.1, 0.15) is 10.8 Å². The Balaban J connectivity index is 1.91. The van der Waals surface area contributed by atoms with Crippen molar-refractivity contribution < 1.29 is 4.74 Å². The van der Waals surface area contributed by atoms with Crippen LogP contribution in [0.15, 0.2) is 35.1 Å². The van der Waals surface area contributed by atoms with Crippen molar-refractivity contribution in [3.63, 3.8) is 0 Å². The number of methoxy groups -OCH3 is 1. The number of nitrogens with one attached hydrogen (secondary N) is 1. The third kappa shape index (κ3) is 2.60. The first kappa shape index (κ1) is 14.7. The number of aromatic amines is 1. The summed E-state index contributed by atoms with van der Waals surface area (Å²) >= 11 is 6.18. The van der Waals surface area contributed by atoms with Crippen molar-refractivity contribution in [1.82, 2.24) is 14.6 Å². The van der Waals surface area contributed by atoms with E-state index in [4.69, 9.17) is 16.3 Å². The maximum atomic E-state index is 12.1. The van der Waals surface area contributed by atoms with Gasteiger partial charge in [-0.25, -0.2) is 4.98 Å². The largest absolute Gasteiger partial charge is 0.496 e. The number of hydrogen-bond donors (Lipinski definition) is 1. The lowest BCUT2D eigenvalue weighted by molar-refractivity contribution is 0.409. The number of nitrogens with zero attached hydrogens (tertiary/aromatic N) is 2. The van der Waals surface area contributed by atoms with E-state index in [9.17, 15) is 4.79 Å². The van der Waals surface area contributed by atoms with Gasteiger partial charge in [0.25, 0.3) is 5.56 Å². The van der Waals surface area contributed by atoms with Crippen LogP contribution in [0.4, 0.5) is 0 Å². The fourth-order valence-corrected chi connectivity index (χ4v) is 2.64. The van der Waals surface area contributed by atoms with Gasteiger partial charge in [0.05, 0.1) is 12.8 Å². The number of aryl methyl sites for hydroxylation is 3. The molecule has 2 aromatic heterocycles. The van der Waals surface area contributed by atoms with Crippen molar-refractivity contribution in [1.29, 1.82) is 0 Å². The normalized spacial score (nSPS) is 11.0. The van der Waals surface area contributed by atoms with Crippen LogP contribution >= 0.6 is 11.6 Å². The topological polar surface area (TPSA) is 59.4 Å². The van der Waals surface area contributed by atoms with E-state index in [1.54, 1.807) is 7.11 Å². The maximum Gasteiger partial charge on any atom is 0.272 e. The first-order chi connectivity index (χ1) is 10.6. The van der Waals surface area contributed by atoms with E-state index in [1.807, 2.05) is 31.2 Å². The van der Waals surface area contributed by atoms with Crippen LogP contribution in [-0.2, 0) is 12.8 Å². The summed E-state index contributed by atoms with van der Waals surface area (Å²) in [6, 6.07) is 9.37. The Bertz CT molecular complexity index is 883. The molecular weight excluding hydrogens is 302 g/mol. The zero-order valence-corrected chi connectivity index (χ0v) is 13.1. The summed E-state index contributed by atoms with van der Waals surface area (Å²) < 4.78 is 6.70. The molecule has 0 unspecified atom stereocenters. The molecule has 1 N–H and O–H groups in total. The molecule has 0 fully saturated rings. The Kier molecular flexibility index (Phi) is 3.90. The van der Waals surface area contributed by atoms with Gasteiger partial charge in [-0.1, -0.05) is 29.8 Å². The fraction of sp³-hybridized carbons (Fsp3) is 0.250. The maximum absolute atomic E-state index is 12.1. The summed E-state index contributed by atoms with van der Waals surface area (Å²) in [7, 11) is 1.65. The van der Waals surface area contributed by atoms with E-state index in [0.29, 0.717) is 17.1 Å². The zero-order valence-electron chi connectivity index (χ0n) is 12.4. The summed E-state index contributed by atoms with van der Waals surface area (Å²) in [6.07, 6.45) is 1.39. The molecule has 3 aromatic rings. The second-order valence-electron chi connectivity index (χ2n) is 5.11. The van der Waals surface area contributed by atoms with Crippen LogP contribution in [0.5, 0.6) is 5.75 Å². The van der Waals surface area contributed by atoms with Gasteiger partial charge < -0.3 is 4.74 Å². The predicted octanol–water partition coefficient (Wildman–Crippen LogP) is 2.78. The van der Waals surface area contributed by atoms with E-state index >= 15 is 0 Å². The quantitative estimate of drug-likeness (QED) is 0.805. The summed E-state index contributed by atoms with van der Waals surface area (Å²) in [5.74, 6) is 0.843. The van der Waals surface area contributed by atoms with Crippen LogP contribution in [0, 0.1) is 6.92 Å². The number of hydrogen-bond acceptors (Lipinski definition) is 3. The Morgan fingerprint density at radius 2 is 2.09 bits per heavy atom. The lowest BCUT2D eigenvalue weighted by atomic mass is 10.1. The Morgan fingerprint density at radius 3 is 2.86 bits per heavy atom. The van der Waals surface area contributed by atoms with Crippen molar-refractivity contribution in [3.05, 3.63) is 62.7 Å². The van der Waals surface area contributed by atoms with Gasteiger partial charge in [-0.2, -0.15) is 4.52 Å². The number of H-pyrrole nitrogens is 1. The van der Waals surface area contributed by atoms with Crippen LogP contribution in [0.25, 0.3) is 5.65 Å². The van der Waals surface area contributed by atoms with Gasteiger partial charge in [-0.15, -0.1) is 0 Å². The minimum Gasteiger partial charge on any atom is -0.496 e. The number of aromatic nitrogens is 3. The molecule has 0 saturated heterocycles. The molecule has 0 spiro atoms. The molecule has 0 radical (unpaired) electrons. The average molecular weight is 318 g/mol. The van der Waals surface area contributed by atoms with Crippen LogP contribution in [-0.4, -0.2) is 21.7 Å². The first-order valence-corrected chi connectivity index (χ1v) is 7.36. The first-order valence-electron chi connectivity index (χ1n) is 6.99. The Morgan fingerprint density at radius 1 is 1.32 bits per heavy atom. The van der Waals surface area contributed by atoms with Crippen molar-refractivity contribution in [2.45, 2.75) is 19.8 Å². The van der Waals surface area contributed by atoms with Crippen LogP contribution in [0.1, 0.15) is 17.0 Å². The third-order valence-corrected chi connectivity index (χ3v) is 4.07. The molecule has 22 heavy (non-hydrogen) atoms. The minimum absolute atomic E-state index is 0.157. The number of rotatable bonds is 4. The molecule has 0 atom stereocenters. The van der Waals surface area contributed by atoms with Crippen molar-refractivity contribution >= 4 is 17.2 Å². The highest BCUT2D eigenvalue weighted by atomic mass is 35.5. The lowest BCUT2D eigenvalue weighted by Crippen LogP contribution is -2.16. The van der Waals surface area contributed by atoms with Crippen molar-refractivity contribution in [3.8, 4) is 5.75 Å². The molecule has 0 amide bonds. The molecule has 3 rings (SSSR count). The molecule has 0 bridgehead atoms. The summed E-state index contributed by atoms with van der Waals surface area (Å²) in [5, 5.41) is 3.39. The summed E-state index contributed by atoms with van der Waals surface area (Å²) in [5.41, 5.74) is 2.85. The van der Waals surface area contributed by atoms with E-state index in [0.717, 1.165) is 29.1 Å².